The highest BCUT2D eigenvalue weighted by Gasteiger charge is 2.07. The molecule has 0 aliphatic carbocycles. The summed E-state index contributed by atoms with van der Waals surface area (Å²) in [6, 6.07) is 6.12. The number of hydrogen-bond acceptors (Lipinski definition) is 4. The first kappa shape index (κ1) is 19.1. The zero-order valence-electron chi connectivity index (χ0n) is 14.8. The van der Waals surface area contributed by atoms with Crippen molar-refractivity contribution in [2.24, 2.45) is 4.99 Å². The van der Waals surface area contributed by atoms with Gasteiger partial charge in [0.15, 0.2) is 17.5 Å². The molecule has 1 atom stereocenters. The lowest BCUT2D eigenvalue weighted by atomic mass is 10.2. The van der Waals surface area contributed by atoms with Gasteiger partial charge < -0.3 is 24.8 Å². The fourth-order valence-electron chi connectivity index (χ4n) is 2.06. The van der Waals surface area contributed by atoms with E-state index in [-0.39, 0.29) is 6.04 Å². The van der Waals surface area contributed by atoms with Crippen LogP contribution in [0.4, 0.5) is 0 Å². The molecule has 0 heterocycles. The third-order valence-electron chi connectivity index (χ3n) is 3.17. The summed E-state index contributed by atoms with van der Waals surface area (Å²) in [7, 11) is 5.08. The molecule has 0 aliphatic heterocycles. The maximum atomic E-state index is 5.66. The van der Waals surface area contributed by atoms with E-state index < -0.39 is 0 Å². The van der Waals surface area contributed by atoms with Crippen molar-refractivity contribution < 1.29 is 14.2 Å². The fourth-order valence-corrected chi connectivity index (χ4v) is 2.06. The third kappa shape index (κ3) is 6.78. The van der Waals surface area contributed by atoms with E-state index in [9.17, 15) is 0 Å². The molecule has 0 saturated carbocycles. The monoisotopic (exact) mass is 323 g/mol. The van der Waals surface area contributed by atoms with Gasteiger partial charge in [0.2, 0.25) is 0 Å². The second-order valence-electron chi connectivity index (χ2n) is 5.26. The number of nitrogens with zero attached hydrogens (tertiary/aromatic N) is 1. The molecule has 0 amide bonds. The number of methoxy groups -OCH3 is 2. The summed E-state index contributed by atoms with van der Waals surface area (Å²) in [6.07, 6.45) is 0.966. The smallest absolute Gasteiger partial charge is 0.191 e. The van der Waals surface area contributed by atoms with Gasteiger partial charge in [-0.15, -0.1) is 0 Å². The molecule has 23 heavy (non-hydrogen) atoms. The minimum Gasteiger partial charge on any atom is -0.493 e. The highest BCUT2D eigenvalue weighted by molar-refractivity contribution is 5.79. The molecule has 0 aromatic heterocycles. The Balaban J connectivity index is 2.62. The van der Waals surface area contributed by atoms with Crippen molar-refractivity contribution >= 4 is 5.96 Å². The van der Waals surface area contributed by atoms with E-state index in [0.29, 0.717) is 19.8 Å². The molecule has 1 aromatic carbocycles. The minimum atomic E-state index is 0.186. The molecule has 1 unspecified atom stereocenters. The number of nitrogens with one attached hydrogen (secondary N) is 2. The van der Waals surface area contributed by atoms with Crippen LogP contribution in [0.15, 0.2) is 23.2 Å². The Morgan fingerprint density at radius 3 is 2.65 bits per heavy atom. The maximum Gasteiger partial charge on any atom is 0.191 e. The standard InChI is InChI=1S/C17H29N3O3/c1-6-9-23-15-8-7-14(10-16(15)22-5)11-19-17(18-3)20-13(2)12-21-4/h7-8,10,13H,6,9,11-12H2,1-5H3,(H2,18,19,20). The van der Waals surface area contributed by atoms with Gasteiger partial charge in [0.25, 0.3) is 0 Å². The van der Waals surface area contributed by atoms with E-state index in [1.807, 2.05) is 25.1 Å². The first-order valence-electron chi connectivity index (χ1n) is 7.90. The van der Waals surface area contributed by atoms with Crippen molar-refractivity contribution in [3.8, 4) is 11.5 Å². The Hall–Kier alpha value is -1.95. The molecular formula is C17H29N3O3. The molecule has 0 spiro atoms. The van der Waals surface area contributed by atoms with Crippen LogP contribution in [0, 0.1) is 0 Å². The van der Waals surface area contributed by atoms with E-state index in [2.05, 4.69) is 22.5 Å². The topological polar surface area (TPSA) is 64.1 Å². The zero-order chi connectivity index (χ0) is 17.1. The third-order valence-corrected chi connectivity index (χ3v) is 3.17. The lowest BCUT2D eigenvalue weighted by molar-refractivity contribution is 0.179. The summed E-state index contributed by atoms with van der Waals surface area (Å²) in [4.78, 5) is 4.21. The van der Waals surface area contributed by atoms with Gasteiger partial charge in [-0.3, -0.25) is 4.99 Å². The summed E-state index contributed by atoms with van der Waals surface area (Å²) in [5, 5.41) is 6.54. The molecule has 2 N–H and O–H groups in total. The SMILES string of the molecule is CCCOc1ccc(CNC(=NC)NC(C)COC)cc1OC. The molecule has 130 valence electrons. The summed E-state index contributed by atoms with van der Waals surface area (Å²) < 4.78 is 16.2. The van der Waals surface area contributed by atoms with Gasteiger partial charge in [0.05, 0.1) is 20.3 Å². The van der Waals surface area contributed by atoms with Crippen molar-refractivity contribution in [1.29, 1.82) is 0 Å². The van der Waals surface area contributed by atoms with E-state index in [1.54, 1.807) is 21.3 Å². The molecular weight excluding hydrogens is 294 g/mol. The quantitative estimate of drug-likeness (QED) is 0.539. The van der Waals surface area contributed by atoms with Gasteiger partial charge in [-0.25, -0.2) is 0 Å². The average molecular weight is 323 g/mol. The minimum absolute atomic E-state index is 0.186. The predicted molar refractivity (Wildman–Crippen MR) is 93.5 cm³/mol. The maximum absolute atomic E-state index is 5.66. The lowest BCUT2D eigenvalue weighted by Gasteiger charge is -2.17. The Bertz CT molecular complexity index is 492. The zero-order valence-corrected chi connectivity index (χ0v) is 14.8. The van der Waals surface area contributed by atoms with E-state index in [1.165, 1.54) is 0 Å². The predicted octanol–water partition coefficient (Wildman–Crippen LogP) is 2.18. The average Bonchev–Trinajstić information content (AvgIpc) is 2.57. The first-order valence-corrected chi connectivity index (χ1v) is 7.90. The van der Waals surface area contributed by atoms with Crippen LogP contribution in [-0.4, -0.2) is 46.5 Å². The molecule has 0 aliphatic rings. The molecule has 6 nitrogen and oxygen atoms in total. The van der Waals surface area contributed by atoms with Crippen LogP contribution >= 0.6 is 0 Å². The molecule has 1 rings (SSSR count). The van der Waals surface area contributed by atoms with Crippen molar-refractivity contribution in [3.63, 3.8) is 0 Å². The van der Waals surface area contributed by atoms with E-state index in [0.717, 1.165) is 29.4 Å². The van der Waals surface area contributed by atoms with Gasteiger partial charge in [-0.1, -0.05) is 13.0 Å². The number of ether oxygens (including phenoxy) is 3. The second-order valence-corrected chi connectivity index (χ2v) is 5.26. The Morgan fingerprint density at radius 1 is 1.26 bits per heavy atom. The van der Waals surface area contributed by atoms with Crippen molar-refractivity contribution in [2.75, 3.05) is 34.5 Å². The fraction of sp³-hybridized carbons (Fsp3) is 0.588. The Labute approximate surface area is 139 Å². The summed E-state index contributed by atoms with van der Waals surface area (Å²) in [5.41, 5.74) is 1.09. The largest absolute Gasteiger partial charge is 0.493 e. The van der Waals surface area contributed by atoms with Gasteiger partial charge in [-0.2, -0.15) is 0 Å². The van der Waals surface area contributed by atoms with Crippen LogP contribution in [0.25, 0.3) is 0 Å². The molecule has 1 aromatic rings. The highest BCUT2D eigenvalue weighted by atomic mass is 16.5. The molecule has 0 radical (unpaired) electrons. The van der Waals surface area contributed by atoms with Crippen LogP contribution in [0.3, 0.4) is 0 Å². The van der Waals surface area contributed by atoms with Gasteiger partial charge in [0, 0.05) is 26.7 Å². The summed E-state index contributed by atoms with van der Waals surface area (Å²) >= 11 is 0. The number of guanidine groups is 1. The van der Waals surface area contributed by atoms with Crippen LogP contribution in [-0.2, 0) is 11.3 Å². The van der Waals surface area contributed by atoms with E-state index in [4.69, 9.17) is 14.2 Å². The summed E-state index contributed by atoms with van der Waals surface area (Å²) in [5.74, 6) is 2.25. The Morgan fingerprint density at radius 2 is 2.04 bits per heavy atom. The van der Waals surface area contributed by atoms with Gasteiger partial charge in [-0.05, 0) is 31.0 Å². The number of benzene rings is 1. The number of aliphatic imine (C=N–C) groups is 1. The van der Waals surface area contributed by atoms with Gasteiger partial charge in [0.1, 0.15) is 0 Å². The van der Waals surface area contributed by atoms with Crippen molar-refractivity contribution in [1.82, 2.24) is 10.6 Å². The lowest BCUT2D eigenvalue weighted by Crippen LogP contribution is -2.43. The first-order chi connectivity index (χ1) is 11.1. The number of hydrogen-bond donors (Lipinski definition) is 2. The summed E-state index contributed by atoms with van der Waals surface area (Å²) in [6.45, 7) is 6.07. The van der Waals surface area contributed by atoms with Crippen LogP contribution in [0.2, 0.25) is 0 Å². The van der Waals surface area contributed by atoms with E-state index >= 15 is 0 Å². The molecule has 6 heteroatoms. The van der Waals surface area contributed by atoms with Crippen LogP contribution in [0.5, 0.6) is 11.5 Å². The molecule has 0 bridgehead atoms. The second kappa shape index (κ2) is 10.7. The molecule has 0 fully saturated rings. The highest BCUT2D eigenvalue weighted by Crippen LogP contribution is 2.28. The van der Waals surface area contributed by atoms with Crippen LogP contribution < -0.4 is 20.1 Å². The number of rotatable bonds is 9. The normalized spacial score (nSPS) is 12.7. The van der Waals surface area contributed by atoms with Crippen LogP contribution in [0.1, 0.15) is 25.8 Å². The molecule has 0 saturated heterocycles. The van der Waals surface area contributed by atoms with Crippen molar-refractivity contribution in [3.05, 3.63) is 23.8 Å². The van der Waals surface area contributed by atoms with Crippen molar-refractivity contribution in [2.45, 2.75) is 32.9 Å². The van der Waals surface area contributed by atoms with Gasteiger partial charge >= 0.3 is 0 Å². The Kier molecular flexibility index (Phi) is 8.90.